The van der Waals surface area contributed by atoms with Gasteiger partial charge in [-0.1, -0.05) is 24.3 Å². The second kappa shape index (κ2) is 6.21. The number of nitrogens with zero attached hydrogens (tertiary/aromatic N) is 1. The number of likely N-dealkylation sites (tertiary alicyclic amines) is 1. The Labute approximate surface area is 154 Å². The topological polar surface area (TPSA) is 106 Å². The van der Waals surface area contributed by atoms with E-state index in [0.29, 0.717) is 29.6 Å². The summed E-state index contributed by atoms with van der Waals surface area (Å²) in [6.45, 7) is 2.58. The van der Waals surface area contributed by atoms with Crippen LogP contribution in [-0.4, -0.2) is 39.0 Å². The first-order valence-corrected chi connectivity index (χ1v) is 8.71. The zero-order chi connectivity index (χ0) is 19.2. The summed E-state index contributed by atoms with van der Waals surface area (Å²) in [5, 5.41) is 11.1. The fourth-order valence-electron chi connectivity index (χ4n) is 3.71. The molecule has 2 aromatic carbocycles. The van der Waals surface area contributed by atoms with Gasteiger partial charge >= 0.3 is 11.1 Å². The molecular formula is C20H19N3O4. The number of β-amino-alcohol motifs (C(OH)–C–C–N with tert-alkyl or cyclic N) is 1. The van der Waals surface area contributed by atoms with Crippen LogP contribution in [0.15, 0.2) is 52.1 Å². The monoisotopic (exact) mass is 365 g/mol. The van der Waals surface area contributed by atoms with Gasteiger partial charge in [-0.3, -0.25) is 14.4 Å². The fourth-order valence-corrected chi connectivity index (χ4v) is 3.71. The summed E-state index contributed by atoms with van der Waals surface area (Å²) in [5.41, 5.74) is 0.484. The Hall–Kier alpha value is -3.19. The van der Waals surface area contributed by atoms with Crippen molar-refractivity contribution in [2.24, 2.45) is 0 Å². The second-order valence-corrected chi connectivity index (χ2v) is 6.99. The van der Waals surface area contributed by atoms with Gasteiger partial charge in [0.1, 0.15) is 5.60 Å². The molecule has 138 valence electrons. The Morgan fingerprint density at radius 3 is 2.52 bits per heavy atom. The number of amides is 1. The highest BCUT2D eigenvalue weighted by atomic mass is 16.3. The van der Waals surface area contributed by atoms with E-state index >= 15 is 0 Å². The molecular weight excluding hydrogens is 346 g/mol. The van der Waals surface area contributed by atoms with Crippen molar-refractivity contribution in [1.29, 1.82) is 0 Å². The maximum absolute atomic E-state index is 12.9. The fraction of sp³-hybridized carbons (Fsp3) is 0.250. The van der Waals surface area contributed by atoms with Crippen LogP contribution in [0.25, 0.3) is 11.0 Å². The molecule has 0 aliphatic carbocycles. The molecule has 0 bridgehead atoms. The number of aliphatic hydroxyl groups is 1. The molecule has 3 N–H and O–H groups in total. The van der Waals surface area contributed by atoms with Crippen LogP contribution in [0.5, 0.6) is 0 Å². The largest absolute Gasteiger partial charge is 0.383 e. The summed E-state index contributed by atoms with van der Waals surface area (Å²) >= 11 is 0. The highest BCUT2D eigenvalue weighted by molar-refractivity contribution is 5.97. The quantitative estimate of drug-likeness (QED) is 0.594. The van der Waals surface area contributed by atoms with E-state index in [0.717, 1.165) is 11.1 Å². The van der Waals surface area contributed by atoms with E-state index in [2.05, 4.69) is 9.97 Å². The average molecular weight is 365 g/mol. The summed E-state index contributed by atoms with van der Waals surface area (Å²) < 4.78 is 0. The molecule has 2 heterocycles. The van der Waals surface area contributed by atoms with Crippen molar-refractivity contribution in [1.82, 2.24) is 14.9 Å². The number of carbonyl (C=O) groups excluding carboxylic acids is 1. The van der Waals surface area contributed by atoms with Gasteiger partial charge in [-0.15, -0.1) is 0 Å². The molecule has 1 saturated heterocycles. The van der Waals surface area contributed by atoms with Crippen LogP contribution in [0.2, 0.25) is 0 Å². The molecule has 7 heteroatoms. The van der Waals surface area contributed by atoms with Crippen LogP contribution in [0.3, 0.4) is 0 Å². The maximum Gasteiger partial charge on any atom is 0.314 e. The van der Waals surface area contributed by atoms with Gasteiger partial charge < -0.3 is 20.0 Å². The summed E-state index contributed by atoms with van der Waals surface area (Å²) in [6.07, 6.45) is 0.460. The lowest BCUT2D eigenvalue weighted by Crippen LogP contribution is -2.35. The molecule has 1 fully saturated rings. The smallest absolute Gasteiger partial charge is 0.314 e. The lowest BCUT2D eigenvalue weighted by atomic mass is 9.89. The van der Waals surface area contributed by atoms with E-state index in [4.69, 9.17) is 0 Å². The lowest BCUT2D eigenvalue weighted by molar-refractivity contribution is 0.0412. The normalized spacial score (nSPS) is 19.6. The molecule has 3 aromatic rings. The second-order valence-electron chi connectivity index (χ2n) is 6.99. The van der Waals surface area contributed by atoms with Crippen LogP contribution in [0, 0.1) is 6.92 Å². The average Bonchev–Trinajstić information content (AvgIpc) is 3.05. The van der Waals surface area contributed by atoms with Gasteiger partial charge in [0.2, 0.25) is 0 Å². The molecule has 27 heavy (non-hydrogen) atoms. The minimum absolute atomic E-state index is 0.205. The molecule has 1 amide bonds. The van der Waals surface area contributed by atoms with Crippen molar-refractivity contribution in [3.05, 3.63) is 79.9 Å². The first-order valence-electron chi connectivity index (χ1n) is 8.71. The highest BCUT2D eigenvalue weighted by Gasteiger charge is 2.40. The van der Waals surface area contributed by atoms with Gasteiger partial charge in [0.15, 0.2) is 0 Å². The van der Waals surface area contributed by atoms with E-state index in [9.17, 15) is 19.5 Å². The van der Waals surface area contributed by atoms with Crippen molar-refractivity contribution in [3.8, 4) is 0 Å². The minimum Gasteiger partial charge on any atom is -0.383 e. The Kier molecular flexibility index (Phi) is 3.96. The Bertz CT molecular complexity index is 1160. The SMILES string of the molecule is Cc1ccccc1[C@@]1(O)CCN(C(=O)c2ccc3[nH]c(=O)c(=O)[nH]c3c2)C1. The number of carbonyl (C=O) groups is 1. The van der Waals surface area contributed by atoms with E-state index in [1.807, 2.05) is 31.2 Å². The van der Waals surface area contributed by atoms with Crippen molar-refractivity contribution >= 4 is 16.9 Å². The van der Waals surface area contributed by atoms with Gasteiger partial charge in [-0.2, -0.15) is 0 Å². The molecule has 1 aliphatic rings. The van der Waals surface area contributed by atoms with Gasteiger partial charge in [0.05, 0.1) is 17.6 Å². The summed E-state index contributed by atoms with van der Waals surface area (Å²) in [5.74, 6) is -0.228. The van der Waals surface area contributed by atoms with E-state index < -0.39 is 16.7 Å². The standard InChI is InChI=1S/C20H19N3O4/c1-12-4-2-3-5-14(12)20(27)8-9-23(11-20)19(26)13-6-7-15-16(10-13)22-18(25)17(24)21-15/h2-7,10,27H,8-9,11H2,1H3,(H,21,24)(H,22,25)/t20-/m1/s1. The first-order chi connectivity index (χ1) is 12.9. The third-order valence-electron chi connectivity index (χ3n) is 5.15. The predicted octanol–water partition coefficient (Wildman–Crippen LogP) is 1.26. The van der Waals surface area contributed by atoms with Gasteiger partial charge in [-0.05, 0) is 42.7 Å². The van der Waals surface area contributed by atoms with Crippen molar-refractivity contribution in [3.63, 3.8) is 0 Å². The molecule has 1 atom stereocenters. The molecule has 0 saturated carbocycles. The summed E-state index contributed by atoms with van der Waals surface area (Å²) in [4.78, 5) is 42.4. The Morgan fingerprint density at radius 1 is 1.07 bits per heavy atom. The Morgan fingerprint density at radius 2 is 1.78 bits per heavy atom. The van der Waals surface area contributed by atoms with Crippen LogP contribution >= 0.6 is 0 Å². The number of aromatic nitrogens is 2. The van der Waals surface area contributed by atoms with Crippen LogP contribution in [-0.2, 0) is 5.60 Å². The molecule has 0 spiro atoms. The van der Waals surface area contributed by atoms with Crippen LogP contribution < -0.4 is 11.1 Å². The lowest BCUT2D eigenvalue weighted by Gasteiger charge is -2.25. The highest BCUT2D eigenvalue weighted by Crippen LogP contribution is 2.34. The van der Waals surface area contributed by atoms with Crippen molar-refractivity contribution in [2.45, 2.75) is 18.9 Å². The zero-order valence-corrected chi connectivity index (χ0v) is 14.8. The molecule has 4 rings (SSSR count). The number of benzene rings is 2. The van der Waals surface area contributed by atoms with Crippen LogP contribution in [0.4, 0.5) is 0 Å². The molecule has 0 unspecified atom stereocenters. The van der Waals surface area contributed by atoms with Gasteiger partial charge in [0.25, 0.3) is 5.91 Å². The molecule has 0 radical (unpaired) electrons. The maximum atomic E-state index is 12.9. The molecule has 1 aliphatic heterocycles. The number of fused-ring (bicyclic) bond motifs is 1. The predicted molar refractivity (Wildman–Crippen MR) is 101 cm³/mol. The summed E-state index contributed by atoms with van der Waals surface area (Å²) in [6, 6.07) is 12.4. The first kappa shape index (κ1) is 17.2. The van der Waals surface area contributed by atoms with Crippen molar-refractivity contribution < 1.29 is 9.90 Å². The number of hydrogen-bond donors (Lipinski definition) is 3. The van der Waals surface area contributed by atoms with E-state index in [1.165, 1.54) is 0 Å². The van der Waals surface area contributed by atoms with E-state index in [-0.39, 0.29) is 12.5 Å². The third kappa shape index (κ3) is 2.96. The molecule has 7 nitrogen and oxygen atoms in total. The number of H-pyrrole nitrogens is 2. The van der Waals surface area contributed by atoms with E-state index in [1.54, 1.807) is 23.1 Å². The third-order valence-corrected chi connectivity index (χ3v) is 5.15. The number of nitrogens with one attached hydrogen (secondary N) is 2. The molecule has 1 aromatic heterocycles. The zero-order valence-electron chi connectivity index (χ0n) is 14.8. The summed E-state index contributed by atoms with van der Waals surface area (Å²) in [7, 11) is 0. The van der Waals surface area contributed by atoms with Crippen molar-refractivity contribution in [2.75, 3.05) is 13.1 Å². The Balaban J connectivity index is 1.63. The number of aromatic amines is 2. The van der Waals surface area contributed by atoms with Gasteiger partial charge in [0, 0.05) is 12.1 Å². The number of aryl methyl sites for hydroxylation is 1. The minimum atomic E-state index is -1.07. The van der Waals surface area contributed by atoms with Crippen LogP contribution in [0.1, 0.15) is 27.9 Å². The van der Waals surface area contributed by atoms with Gasteiger partial charge in [-0.25, -0.2) is 0 Å². The number of rotatable bonds is 2. The number of hydrogen-bond acceptors (Lipinski definition) is 4.